The highest BCUT2D eigenvalue weighted by atomic mass is 16.6. The number of hydrogen-bond donors (Lipinski definition) is 0. The fourth-order valence-corrected chi connectivity index (χ4v) is 7.86. The molecule has 1 unspecified atom stereocenters. The number of unbranched alkanes of at least 4 members (excludes halogenated alkanes) is 25. The van der Waals surface area contributed by atoms with Gasteiger partial charge in [-0.15, -0.1) is 0 Å². The Hall–Kier alpha value is -3.18. The third kappa shape index (κ3) is 55.4. The SMILES string of the molecule is CC/C=C\C/C=C\C/C=C\C/C=C\CCCCCCCCCOCC(COC(=O)CCCCCCCCC/C=C\CCCCCCCC)OC(=O)CCCCCCC/C=C\C/C=C\C/C=C\CC. The van der Waals surface area contributed by atoms with E-state index in [0.717, 1.165) is 103 Å². The first-order valence-corrected chi connectivity index (χ1v) is 28.8. The number of rotatable bonds is 52. The molecular weight excluding hydrogens is 837 g/mol. The van der Waals surface area contributed by atoms with Crippen molar-refractivity contribution in [1.82, 2.24) is 0 Å². The monoisotopic (exact) mass is 945 g/mol. The Kier molecular flexibility index (Phi) is 55.4. The van der Waals surface area contributed by atoms with E-state index >= 15 is 0 Å². The number of allylic oxidation sites excluding steroid dienone is 16. The summed E-state index contributed by atoms with van der Waals surface area (Å²) in [6, 6.07) is 0. The summed E-state index contributed by atoms with van der Waals surface area (Å²) >= 11 is 0. The van der Waals surface area contributed by atoms with Gasteiger partial charge in [0.25, 0.3) is 0 Å². The van der Waals surface area contributed by atoms with Crippen LogP contribution in [-0.4, -0.2) is 37.9 Å². The Morgan fingerprint density at radius 3 is 1.07 bits per heavy atom. The summed E-state index contributed by atoms with van der Waals surface area (Å²) in [7, 11) is 0. The van der Waals surface area contributed by atoms with E-state index in [2.05, 4.69) is 118 Å². The standard InChI is InChI=1S/C63H108O5/c1-4-7-10-13-16-19-22-25-28-30-31-32-34-37-40-43-46-49-52-55-58-66-59-61(68-63(65)57-54-51-48-45-42-39-35-27-24-21-18-15-12-9-6-3)60-67-62(64)56-53-50-47-44-41-38-36-33-29-26-23-20-17-14-11-8-5-2/h7,9-10,12,16,18-19,21,25-29,31-32,35,61H,4-6,8,11,13-15,17,20,22-24,30,33-34,36-60H2,1-3H3/b10-7-,12-9-,19-16-,21-18-,28-25-,29-26-,32-31-,35-27-. The van der Waals surface area contributed by atoms with Gasteiger partial charge >= 0.3 is 11.9 Å². The maximum atomic E-state index is 12.9. The molecule has 0 bridgehead atoms. The first-order valence-electron chi connectivity index (χ1n) is 28.8. The second-order valence-corrected chi connectivity index (χ2v) is 18.8. The molecule has 0 fully saturated rings. The van der Waals surface area contributed by atoms with Crippen LogP contribution in [0.4, 0.5) is 0 Å². The fraction of sp³-hybridized carbons (Fsp3) is 0.714. The highest BCUT2D eigenvalue weighted by molar-refractivity contribution is 5.70. The molecule has 0 radical (unpaired) electrons. The van der Waals surface area contributed by atoms with E-state index in [1.807, 2.05) is 0 Å². The summed E-state index contributed by atoms with van der Waals surface area (Å²) in [6.45, 7) is 7.57. The summed E-state index contributed by atoms with van der Waals surface area (Å²) < 4.78 is 17.5. The van der Waals surface area contributed by atoms with E-state index in [1.165, 1.54) is 128 Å². The van der Waals surface area contributed by atoms with Gasteiger partial charge in [-0.1, -0.05) is 234 Å². The van der Waals surface area contributed by atoms with E-state index in [4.69, 9.17) is 14.2 Å². The topological polar surface area (TPSA) is 61.8 Å². The Labute approximate surface area is 422 Å². The molecule has 1 atom stereocenters. The van der Waals surface area contributed by atoms with Gasteiger partial charge in [0.15, 0.2) is 6.10 Å². The third-order valence-corrected chi connectivity index (χ3v) is 12.1. The predicted octanol–water partition coefficient (Wildman–Crippen LogP) is 19.8. The van der Waals surface area contributed by atoms with E-state index in [-0.39, 0.29) is 25.2 Å². The van der Waals surface area contributed by atoms with Crippen LogP contribution in [0.3, 0.4) is 0 Å². The van der Waals surface area contributed by atoms with Gasteiger partial charge in [-0.2, -0.15) is 0 Å². The zero-order valence-corrected chi connectivity index (χ0v) is 44.8. The highest BCUT2D eigenvalue weighted by Crippen LogP contribution is 2.14. The van der Waals surface area contributed by atoms with Gasteiger partial charge in [0.2, 0.25) is 0 Å². The lowest BCUT2D eigenvalue weighted by Crippen LogP contribution is -2.30. The van der Waals surface area contributed by atoms with E-state index in [1.54, 1.807) is 0 Å². The fourth-order valence-electron chi connectivity index (χ4n) is 7.86. The molecule has 0 aliphatic heterocycles. The minimum atomic E-state index is -0.559. The van der Waals surface area contributed by atoms with Crippen molar-refractivity contribution in [1.29, 1.82) is 0 Å². The Morgan fingerprint density at radius 2 is 0.662 bits per heavy atom. The number of hydrogen-bond acceptors (Lipinski definition) is 5. The van der Waals surface area contributed by atoms with Gasteiger partial charge in [0, 0.05) is 19.4 Å². The Bertz CT molecular complexity index is 1300. The van der Waals surface area contributed by atoms with Crippen molar-refractivity contribution in [3.05, 3.63) is 97.2 Å². The first-order chi connectivity index (χ1) is 33.6. The normalized spacial score (nSPS) is 12.9. The average molecular weight is 946 g/mol. The Morgan fingerprint density at radius 1 is 0.338 bits per heavy atom. The van der Waals surface area contributed by atoms with Crippen molar-refractivity contribution < 1.29 is 23.8 Å². The molecule has 5 heteroatoms. The smallest absolute Gasteiger partial charge is 0.306 e. The van der Waals surface area contributed by atoms with Crippen LogP contribution in [-0.2, 0) is 23.8 Å². The summed E-state index contributed by atoms with van der Waals surface area (Å²) in [4.78, 5) is 25.5. The van der Waals surface area contributed by atoms with Crippen LogP contribution in [0, 0.1) is 0 Å². The second kappa shape index (κ2) is 58.1. The molecule has 0 rings (SSSR count). The molecule has 0 aromatic carbocycles. The second-order valence-electron chi connectivity index (χ2n) is 18.8. The van der Waals surface area contributed by atoms with Crippen LogP contribution >= 0.6 is 0 Å². The van der Waals surface area contributed by atoms with Gasteiger partial charge in [-0.25, -0.2) is 0 Å². The zero-order chi connectivity index (χ0) is 49.2. The maximum Gasteiger partial charge on any atom is 0.306 e. The van der Waals surface area contributed by atoms with Crippen molar-refractivity contribution >= 4 is 11.9 Å². The molecule has 5 nitrogen and oxygen atoms in total. The summed E-state index contributed by atoms with van der Waals surface area (Å²) in [6.07, 6.45) is 78.5. The van der Waals surface area contributed by atoms with Crippen molar-refractivity contribution in [2.75, 3.05) is 19.8 Å². The van der Waals surface area contributed by atoms with Gasteiger partial charge in [-0.3, -0.25) is 9.59 Å². The van der Waals surface area contributed by atoms with Gasteiger partial charge < -0.3 is 14.2 Å². The quantitative estimate of drug-likeness (QED) is 0.0345. The van der Waals surface area contributed by atoms with Crippen LogP contribution in [0.15, 0.2) is 97.2 Å². The molecule has 0 N–H and O–H groups in total. The molecule has 0 aliphatic rings. The van der Waals surface area contributed by atoms with Crippen LogP contribution in [0.5, 0.6) is 0 Å². The van der Waals surface area contributed by atoms with E-state index in [9.17, 15) is 9.59 Å². The lowest BCUT2D eigenvalue weighted by Gasteiger charge is -2.18. The average Bonchev–Trinajstić information content (AvgIpc) is 3.34. The van der Waals surface area contributed by atoms with Gasteiger partial charge in [-0.05, 0) is 116 Å². The van der Waals surface area contributed by atoms with Crippen molar-refractivity contribution in [3.8, 4) is 0 Å². The zero-order valence-electron chi connectivity index (χ0n) is 44.8. The van der Waals surface area contributed by atoms with Crippen LogP contribution in [0.1, 0.15) is 265 Å². The molecule has 0 aromatic heterocycles. The molecule has 0 heterocycles. The number of carbonyl (C=O) groups is 2. The largest absolute Gasteiger partial charge is 0.462 e. The Balaban J connectivity index is 4.33. The number of esters is 2. The lowest BCUT2D eigenvalue weighted by atomic mass is 10.1. The third-order valence-electron chi connectivity index (χ3n) is 12.1. The molecular formula is C63H108O5. The molecule has 0 aliphatic carbocycles. The summed E-state index contributed by atoms with van der Waals surface area (Å²) in [5.41, 5.74) is 0. The molecule has 0 aromatic rings. The van der Waals surface area contributed by atoms with E-state index in [0.29, 0.717) is 19.4 Å². The predicted molar refractivity (Wildman–Crippen MR) is 297 cm³/mol. The number of carbonyl (C=O) groups excluding carboxylic acids is 2. The van der Waals surface area contributed by atoms with Gasteiger partial charge in [0.1, 0.15) is 6.61 Å². The van der Waals surface area contributed by atoms with Crippen LogP contribution in [0.25, 0.3) is 0 Å². The minimum absolute atomic E-state index is 0.0676. The van der Waals surface area contributed by atoms with Crippen LogP contribution < -0.4 is 0 Å². The molecule has 0 saturated carbocycles. The highest BCUT2D eigenvalue weighted by Gasteiger charge is 2.17. The van der Waals surface area contributed by atoms with Gasteiger partial charge in [0.05, 0.1) is 6.61 Å². The van der Waals surface area contributed by atoms with Crippen molar-refractivity contribution in [2.24, 2.45) is 0 Å². The van der Waals surface area contributed by atoms with Crippen LogP contribution in [0.2, 0.25) is 0 Å². The molecule has 0 spiro atoms. The maximum absolute atomic E-state index is 12.9. The molecule has 68 heavy (non-hydrogen) atoms. The minimum Gasteiger partial charge on any atom is -0.462 e. The summed E-state index contributed by atoms with van der Waals surface area (Å²) in [5.74, 6) is -0.426. The van der Waals surface area contributed by atoms with E-state index < -0.39 is 6.10 Å². The van der Waals surface area contributed by atoms with Crippen molar-refractivity contribution in [2.45, 2.75) is 271 Å². The lowest BCUT2D eigenvalue weighted by molar-refractivity contribution is -0.163. The molecule has 0 saturated heterocycles. The van der Waals surface area contributed by atoms with Crippen molar-refractivity contribution in [3.63, 3.8) is 0 Å². The number of ether oxygens (including phenoxy) is 3. The molecule has 390 valence electrons. The summed E-state index contributed by atoms with van der Waals surface area (Å²) in [5, 5.41) is 0. The molecule has 0 amide bonds. The first kappa shape index (κ1) is 64.8.